The second kappa shape index (κ2) is 14.0. The van der Waals surface area contributed by atoms with Crippen molar-refractivity contribution in [1.29, 1.82) is 0 Å². The van der Waals surface area contributed by atoms with E-state index in [9.17, 15) is 19.5 Å². The van der Waals surface area contributed by atoms with Crippen LogP contribution in [0.5, 0.6) is 5.75 Å². The standard InChI is InChI=1S/C37H30O7/c1-25-12-19-33(21-34(25)27-15-17-28(18-16-27)35(38)39)42-22-26-13-14-31(23-43-36(40)29-8-4-2-5-9-29)32(20-26)24-44-37(41)30-10-6-3-7-11-30/h2-21H,22-24H2,1H3,(H,38,39). The second-order valence-electron chi connectivity index (χ2n) is 10.1. The number of carboxylic acids is 1. The molecule has 0 spiro atoms. The van der Waals surface area contributed by atoms with Crippen LogP contribution >= 0.6 is 0 Å². The first-order chi connectivity index (χ1) is 21.4. The Morgan fingerprint density at radius 1 is 0.591 bits per heavy atom. The van der Waals surface area contributed by atoms with Crippen LogP contribution in [0.2, 0.25) is 0 Å². The van der Waals surface area contributed by atoms with Gasteiger partial charge in [-0.15, -0.1) is 0 Å². The summed E-state index contributed by atoms with van der Waals surface area (Å²) in [4.78, 5) is 36.4. The number of aromatic carboxylic acids is 1. The summed E-state index contributed by atoms with van der Waals surface area (Å²) >= 11 is 0. The van der Waals surface area contributed by atoms with Gasteiger partial charge in [0.05, 0.1) is 16.7 Å². The number of hydrogen-bond acceptors (Lipinski definition) is 6. The fourth-order valence-corrected chi connectivity index (χ4v) is 4.61. The van der Waals surface area contributed by atoms with Gasteiger partial charge in [-0.3, -0.25) is 0 Å². The van der Waals surface area contributed by atoms with Gasteiger partial charge in [-0.1, -0.05) is 66.7 Å². The molecule has 7 heteroatoms. The maximum atomic E-state index is 12.6. The van der Waals surface area contributed by atoms with E-state index in [0.717, 1.165) is 22.3 Å². The van der Waals surface area contributed by atoms with Crippen LogP contribution in [0.25, 0.3) is 11.1 Å². The summed E-state index contributed by atoms with van der Waals surface area (Å²) in [6.07, 6.45) is 0. The lowest BCUT2D eigenvalue weighted by molar-refractivity contribution is 0.0435. The Morgan fingerprint density at radius 2 is 1.18 bits per heavy atom. The van der Waals surface area contributed by atoms with Crippen LogP contribution in [-0.2, 0) is 29.3 Å². The molecule has 0 saturated heterocycles. The van der Waals surface area contributed by atoms with Crippen LogP contribution < -0.4 is 4.74 Å². The number of hydrogen-bond donors (Lipinski definition) is 1. The molecule has 0 radical (unpaired) electrons. The highest BCUT2D eigenvalue weighted by atomic mass is 16.5. The maximum absolute atomic E-state index is 12.6. The van der Waals surface area contributed by atoms with Crippen molar-refractivity contribution in [1.82, 2.24) is 0 Å². The van der Waals surface area contributed by atoms with E-state index in [-0.39, 0.29) is 25.4 Å². The van der Waals surface area contributed by atoms with Gasteiger partial charge in [0.2, 0.25) is 0 Å². The minimum atomic E-state index is -0.972. The average molecular weight is 587 g/mol. The number of benzene rings is 5. The first-order valence-corrected chi connectivity index (χ1v) is 14.0. The minimum absolute atomic E-state index is 0.00900. The number of ether oxygens (including phenoxy) is 3. The monoisotopic (exact) mass is 586 g/mol. The lowest BCUT2D eigenvalue weighted by atomic mass is 9.99. The number of aryl methyl sites for hydroxylation is 1. The first kappa shape index (κ1) is 29.8. The van der Waals surface area contributed by atoms with Gasteiger partial charge in [-0.05, 0) is 94.9 Å². The molecule has 0 heterocycles. The summed E-state index contributed by atoms with van der Waals surface area (Å²) in [6.45, 7) is 2.22. The van der Waals surface area contributed by atoms with Gasteiger partial charge in [0.25, 0.3) is 0 Å². The van der Waals surface area contributed by atoms with Crippen molar-refractivity contribution in [2.24, 2.45) is 0 Å². The fourth-order valence-electron chi connectivity index (χ4n) is 4.61. The predicted molar refractivity (Wildman–Crippen MR) is 165 cm³/mol. The van der Waals surface area contributed by atoms with Gasteiger partial charge >= 0.3 is 17.9 Å². The van der Waals surface area contributed by atoms with E-state index in [4.69, 9.17) is 14.2 Å². The van der Waals surface area contributed by atoms with Crippen LogP contribution in [0.1, 0.15) is 53.3 Å². The van der Waals surface area contributed by atoms with Gasteiger partial charge in [-0.25, -0.2) is 14.4 Å². The molecule has 5 rings (SSSR count). The molecule has 0 aliphatic heterocycles. The molecule has 0 aliphatic rings. The number of carbonyl (C=O) groups is 3. The molecule has 0 saturated carbocycles. The zero-order valence-electron chi connectivity index (χ0n) is 24.1. The number of rotatable bonds is 11. The molecule has 7 nitrogen and oxygen atoms in total. The van der Waals surface area contributed by atoms with Crippen molar-refractivity contribution in [2.75, 3.05) is 0 Å². The molecule has 1 N–H and O–H groups in total. The summed E-state index contributed by atoms with van der Waals surface area (Å²) in [5.74, 6) is -1.23. The first-order valence-electron chi connectivity index (χ1n) is 14.0. The largest absolute Gasteiger partial charge is 0.489 e. The molecule has 0 aliphatic carbocycles. The van der Waals surface area contributed by atoms with E-state index in [1.165, 1.54) is 0 Å². The molecule has 44 heavy (non-hydrogen) atoms. The van der Waals surface area contributed by atoms with Crippen molar-refractivity contribution in [3.63, 3.8) is 0 Å². The van der Waals surface area contributed by atoms with E-state index >= 15 is 0 Å². The van der Waals surface area contributed by atoms with Gasteiger partial charge in [0.15, 0.2) is 0 Å². The average Bonchev–Trinajstić information content (AvgIpc) is 3.07. The van der Waals surface area contributed by atoms with Crippen LogP contribution in [-0.4, -0.2) is 23.0 Å². The van der Waals surface area contributed by atoms with E-state index in [1.807, 2.05) is 55.5 Å². The fraction of sp³-hybridized carbons (Fsp3) is 0.108. The molecular weight excluding hydrogens is 556 g/mol. The normalized spacial score (nSPS) is 10.6. The summed E-state index contributed by atoms with van der Waals surface area (Å²) < 4.78 is 17.3. The van der Waals surface area contributed by atoms with Gasteiger partial charge < -0.3 is 19.3 Å². The van der Waals surface area contributed by atoms with Crippen LogP contribution in [0.3, 0.4) is 0 Å². The van der Waals surface area contributed by atoms with E-state index in [2.05, 4.69) is 0 Å². The lowest BCUT2D eigenvalue weighted by Gasteiger charge is -2.15. The Labute approximate surface area is 255 Å². The highest BCUT2D eigenvalue weighted by Gasteiger charge is 2.14. The van der Waals surface area contributed by atoms with Crippen molar-refractivity contribution < 1.29 is 33.7 Å². The molecule has 5 aromatic rings. The van der Waals surface area contributed by atoms with Crippen molar-refractivity contribution in [2.45, 2.75) is 26.7 Å². The molecule has 0 amide bonds. The van der Waals surface area contributed by atoms with Gasteiger partial charge in [0, 0.05) is 0 Å². The van der Waals surface area contributed by atoms with E-state index in [1.54, 1.807) is 72.8 Å². The quantitative estimate of drug-likeness (QED) is 0.159. The minimum Gasteiger partial charge on any atom is -0.489 e. The third-order valence-electron chi connectivity index (χ3n) is 7.06. The van der Waals surface area contributed by atoms with Crippen molar-refractivity contribution >= 4 is 17.9 Å². The molecule has 0 fully saturated rings. The third-order valence-corrected chi connectivity index (χ3v) is 7.06. The molecule has 220 valence electrons. The van der Waals surface area contributed by atoms with Crippen LogP contribution in [0, 0.1) is 6.92 Å². The van der Waals surface area contributed by atoms with E-state index in [0.29, 0.717) is 28.0 Å². The molecular formula is C37H30O7. The van der Waals surface area contributed by atoms with Crippen molar-refractivity contribution in [3.05, 3.63) is 160 Å². The predicted octanol–water partition coefficient (Wildman–Crippen LogP) is 7.65. The molecule has 5 aromatic carbocycles. The Bertz CT molecular complexity index is 1760. The Morgan fingerprint density at radius 3 is 1.77 bits per heavy atom. The maximum Gasteiger partial charge on any atom is 0.338 e. The SMILES string of the molecule is Cc1ccc(OCc2ccc(COC(=O)c3ccccc3)c(COC(=O)c3ccccc3)c2)cc1-c1ccc(C(=O)O)cc1. The number of carboxylic acid groups (broad SMARTS) is 1. The highest BCUT2D eigenvalue weighted by molar-refractivity contribution is 5.90. The van der Waals surface area contributed by atoms with Crippen LogP contribution in [0.15, 0.2) is 121 Å². The summed E-state index contributed by atoms with van der Waals surface area (Å²) in [7, 11) is 0. The van der Waals surface area contributed by atoms with Gasteiger partial charge in [0.1, 0.15) is 25.6 Å². The van der Waals surface area contributed by atoms with Gasteiger partial charge in [-0.2, -0.15) is 0 Å². The van der Waals surface area contributed by atoms with E-state index < -0.39 is 17.9 Å². The lowest BCUT2D eigenvalue weighted by Crippen LogP contribution is -2.10. The zero-order chi connectivity index (χ0) is 30.9. The molecule has 0 bridgehead atoms. The number of carbonyl (C=O) groups excluding carboxylic acids is 2. The molecule has 0 aromatic heterocycles. The molecule has 0 unspecified atom stereocenters. The third kappa shape index (κ3) is 7.57. The van der Waals surface area contributed by atoms with Crippen molar-refractivity contribution in [3.8, 4) is 16.9 Å². The van der Waals surface area contributed by atoms with Crippen LogP contribution in [0.4, 0.5) is 0 Å². The number of esters is 2. The summed E-state index contributed by atoms with van der Waals surface area (Å²) in [5, 5.41) is 9.21. The molecule has 0 atom stereocenters. The zero-order valence-corrected chi connectivity index (χ0v) is 24.1. The highest BCUT2D eigenvalue weighted by Crippen LogP contribution is 2.29. The Kier molecular flexibility index (Phi) is 9.47. The summed E-state index contributed by atoms with van der Waals surface area (Å²) in [6, 6.07) is 35.5. The Hall–Kier alpha value is -5.69. The Balaban J connectivity index is 1.32. The smallest absolute Gasteiger partial charge is 0.338 e. The summed E-state index contributed by atoms with van der Waals surface area (Å²) in [5.41, 5.74) is 6.20. The topological polar surface area (TPSA) is 99.1 Å². The second-order valence-corrected chi connectivity index (χ2v) is 10.1.